The molecule has 2 aromatic heterocycles. The van der Waals surface area contributed by atoms with Crippen molar-refractivity contribution < 1.29 is 9.50 Å². The molecule has 4 rings (SSSR count). The Bertz CT molecular complexity index is 702. The zero-order valence-corrected chi connectivity index (χ0v) is 12.7. The van der Waals surface area contributed by atoms with E-state index in [4.69, 9.17) is 5.10 Å². The van der Waals surface area contributed by atoms with Crippen LogP contribution in [-0.4, -0.2) is 26.5 Å². The van der Waals surface area contributed by atoms with Crippen LogP contribution < -0.4 is 0 Å². The average molecular weight is 301 g/mol. The molecule has 2 saturated carbocycles. The monoisotopic (exact) mass is 301 g/mol. The lowest BCUT2D eigenvalue weighted by Crippen LogP contribution is -2.29. The standard InChI is InChI=1S/C17H20FN3O/c1-10-4-13(18)7-19-16(10)15-8-21(14-5-11(6-14)9-22)20-17(15)12-2-3-12/h4,7-8,11-12,14,22H,2-3,5-6,9H2,1H3/t11-,14-. The minimum atomic E-state index is -0.300. The summed E-state index contributed by atoms with van der Waals surface area (Å²) in [5.74, 6) is 0.635. The van der Waals surface area contributed by atoms with Gasteiger partial charge in [-0.3, -0.25) is 9.67 Å². The van der Waals surface area contributed by atoms with Crippen LogP contribution in [0.25, 0.3) is 11.3 Å². The molecular formula is C17H20FN3O. The SMILES string of the molecule is Cc1cc(F)cnc1-c1cn([C@H]2C[C@H](CO)C2)nc1C1CC1. The zero-order chi connectivity index (χ0) is 15.3. The first-order valence-corrected chi connectivity index (χ1v) is 7.98. The maximum absolute atomic E-state index is 13.3. The van der Waals surface area contributed by atoms with Gasteiger partial charge in [0.2, 0.25) is 0 Å². The van der Waals surface area contributed by atoms with E-state index in [0.717, 1.165) is 35.4 Å². The fourth-order valence-corrected chi connectivity index (χ4v) is 3.32. The van der Waals surface area contributed by atoms with E-state index < -0.39 is 0 Å². The third-order valence-corrected chi connectivity index (χ3v) is 4.87. The molecule has 2 aliphatic rings. The van der Waals surface area contributed by atoms with Gasteiger partial charge in [-0.05, 0) is 50.2 Å². The second-order valence-electron chi connectivity index (χ2n) is 6.68. The van der Waals surface area contributed by atoms with Crippen molar-refractivity contribution in [2.45, 2.75) is 44.6 Å². The van der Waals surface area contributed by atoms with Gasteiger partial charge >= 0.3 is 0 Å². The number of hydrogen-bond acceptors (Lipinski definition) is 3. The maximum Gasteiger partial charge on any atom is 0.141 e. The molecule has 2 fully saturated rings. The minimum absolute atomic E-state index is 0.263. The molecule has 1 N–H and O–H groups in total. The topological polar surface area (TPSA) is 50.9 Å². The van der Waals surface area contributed by atoms with Gasteiger partial charge in [-0.25, -0.2) is 4.39 Å². The molecule has 0 atom stereocenters. The van der Waals surface area contributed by atoms with Gasteiger partial charge < -0.3 is 5.11 Å². The summed E-state index contributed by atoms with van der Waals surface area (Å²) in [6, 6.07) is 1.91. The van der Waals surface area contributed by atoms with Crippen molar-refractivity contribution in [1.29, 1.82) is 0 Å². The highest BCUT2D eigenvalue weighted by Gasteiger charge is 2.35. The van der Waals surface area contributed by atoms with Gasteiger partial charge in [0, 0.05) is 24.3 Å². The number of aromatic nitrogens is 3. The van der Waals surface area contributed by atoms with Crippen molar-refractivity contribution in [3.05, 3.63) is 35.5 Å². The number of aliphatic hydroxyl groups excluding tert-OH is 1. The summed E-state index contributed by atoms with van der Waals surface area (Å²) in [6.45, 7) is 2.16. The highest BCUT2D eigenvalue weighted by molar-refractivity contribution is 5.65. The van der Waals surface area contributed by atoms with Crippen molar-refractivity contribution in [3.8, 4) is 11.3 Å². The third kappa shape index (κ3) is 2.33. The highest BCUT2D eigenvalue weighted by Crippen LogP contribution is 2.45. The van der Waals surface area contributed by atoms with Gasteiger partial charge in [0.25, 0.3) is 0 Å². The molecule has 0 aliphatic heterocycles. The summed E-state index contributed by atoms with van der Waals surface area (Å²) in [5.41, 5.74) is 3.85. The molecule has 22 heavy (non-hydrogen) atoms. The van der Waals surface area contributed by atoms with Crippen LogP contribution in [-0.2, 0) is 0 Å². The normalized spacial score (nSPS) is 24.3. The highest BCUT2D eigenvalue weighted by atomic mass is 19.1. The molecule has 0 radical (unpaired) electrons. The molecule has 0 saturated heterocycles. The summed E-state index contributed by atoms with van der Waals surface area (Å²) >= 11 is 0. The van der Waals surface area contributed by atoms with Crippen LogP contribution >= 0.6 is 0 Å². The van der Waals surface area contributed by atoms with E-state index in [1.54, 1.807) is 0 Å². The quantitative estimate of drug-likeness (QED) is 0.943. The number of rotatable bonds is 4. The van der Waals surface area contributed by atoms with Crippen LogP contribution in [0.3, 0.4) is 0 Å². The Morgan fingerprint density at radius 1 is 1.36 bits per heavy atom. The summed E-state index contributed by atoms with van der Waals surface area (Å²) < 4.78 is 15.3. The van der Waals surface area contributed by atoms with Gasteiger partial charge in [0.05, 0.1) is 23.6 Å². The largest absolute Gasteiger partial charge is 0.396 e. The lowest BCUT2D eigenvalue weighted by atomic mass is 9.81. The summed E-state index contributed by atoms with van der Waals surface area (Å²) in [6.07, 6.45) is 7.66. The molecule has 0 amide bonds. The van der Waals surface area contributed by atoms with Gasteiger partial charge in [0.1, 0.15) is 5.82 Å². The number of pyridine rings is 1. The van der Waals surface area contributed by atoms with Gasteiger partial charge in [-0.2, -0.15) is 5.10 Å². The van der Waals surface area contributed by atoms with Crippen molar-refractivity contribution in [2.75, 3.05) is 6.61 Å². The average Bonchev–Trinajstić information content (AvgIpc) is 3.19. The second kappa shape index (κ2) is 5.16. The van der Waals surface area contributed by atoms with E-state index in [2.05, 4.69) is 11.2 Å². The molecule has 0 aromatic carbocycles. The van der Waals surface area contributed by atoms with Gasteiger partial charge in [-0.1, -0.05) is 0 Å². The third-order valence-electron chi connectivity index (χ3n) is 4.87. The van der Waals surface area contributed by atoms with E-state index >= 15 is 0 Å². The lowest BCUT2D eigenvalue weighted by molar-refractivity contribution is 0.105. The molecule has 0 unspecified atom stereocenters. The van der Waals surface area contributed by atoms with E-state index in [-0.39, 0.29) is 12.4 Å². The molecular weight excluding hydrogens is 281 g/mol. The first-order chi connectivity index (χ1) is 10.7. The van der Waals surface area contributed by atoms with Crippen LogP contribution in [0.1, 0.15) is 48.9 Å². The Kier molecular flexibility index (Phi) is 3.26. The number of aliphatic hydroxyl groups is 1. The van der Waals surface area contributed by atoms with Crippen molar-refractivity contribution in [1.82, 2.24) is 14.8 Å². The van der Waals surface area contributed by atoms with E-state index in [0.29, 0.717) is 17.9 Å². The summed E-state index contributed by atoms with van der Waals surface area (Å²) in [5, 5.41) is 14.0. The van der Waals surface area contributed by atoms with Crippen LogP contribution in [0, 0.1) is 18.7 Å². The predicted molar refractivity (Wildman–Crippen MR) is 81.0 cm³/mol. The van der Waals surface area contributed by atoms with Crippen LogP contribution in [0.5, 0.6) is 0 Å². The number of nitrogens with zero attached hydrogens (tertiary/aromatic N) is 3. The minimum Gasteiger partial charge on any atom is -0.396 e. The van der Waals surface area contributed by atoms with Crippen LogP contribution in [0.2, 0.25) is 0 Å². The molecule has 0 bridgehead atoms. The van der Waals surface area contributed by atoms with E-state index in [9.17, 15) is 9.50 Å². The Hall–Kier alpha value is -1.75. The first kappa shape index (κ1) is 13.9. The molecule has 116 valence electrons. The molecule has 2 aliphatic carbocycles. The fourth-order valence-electron chi connectivity index (χ4n) is 3.32. The Labute approximate surface area is 129 Å². The molecule has 5 heteroatoms. The summed E-state index contributed by atoms with van der Waals surface area (Å²) in [7, 11) is 0. The van der Waals surface area contributed by atoms with Gasteiger partial charge in [0.15, 0.2) is 0 Å². The first-order valence-electron chi connectivity index (χ1n) is 7.98. The summed E-state index contributed by atoms with van der Waals surface area (Å²) in [4.78, 5) is 4.30. The Morgan fingerprint density at radius 2 is 2.14 bits per heavy atom. The predicted octanol–water partition coefficient (Wildman–Crippen LogP) is 3.21. The van der Waals surface area contributed by atoms with E-state index in [1.165, 1.54) is 25.1 Å². The molecule has 2 heterocycles. The van der Waals surface area contributed by atoms with Crippen LogP contribution in [0.15, 0.2) is 18.5 Å². The number of aryl methyl sites for hydroxylation is 1. The lowest BCUT2D eigenvalue weighted by Gasteiger charge is -2.34. The second-order valence-corrected chi connectivity index (χ2v) is 6.68. The molecule has 2 aromatic rings. The molecule has 0 spiro atoms. The number of hydrogen-bond donors (Lipinski definition) is 1. The maximum atomic E-state index is 13.3. The van der Waals surface area contributed by atoms with E-state index in [1.807, 2.05) is 11.6 Å². The van der Waals surface area contributed by atoms with Crippen molar-refractivity contribution in [2.24, 2.45) is 5.92 Å². The number of halogens is 1. The van der Waals surface area contributed by atoms with Gasteiger partial charge in [-0.15, -0.1) is 0 Å². The van der Waals surface area contributed by atoms with Crippen molar-refractivity contribution >= 4 is 0 Å². The smallest absolute Gasteiger partial charge is 0.141 e. The zero-order valence-electron chi connectivity index (χ0n) is 12.7. The fraction of sp³-hybridized carbons (Fsp3) is 0.529. The van der Waals surface area contributed by atoms with Crippen molar-refractivity contribution in [3.63, 3.8) is 0 Å². The Morgan fingerprint density at radius 3 is 2.77 bits per heavy atom. The molecule has 4 nitrogen and oxygen atoms in total. The van der Waals surface area contributed by atoms with Crippen LogP contribution in [0.4, 0.5) is 4.39 Å². The Balaban J connectivity index is 1.70.